The van der Waals surface area contributed by atoms with Crippen LogP contribution in [-0.4, -0.2) is 26.0 Å². The number of carbonyl (C=O) groups is 2. The van der Waals surface area contributed by atoms with Gasteiger partial charge in [-0.05, 0) is 60.2 Å². The van der Waals surface area contributed by atoms with Gasteiger partial charge in [-0.1, -0.05) is 12.1 Å². The van der Waals surface area contributed by atoms with E-state index in [0.717, 1.165) is 0 Å². The van der Waals surface area contributed by atoms with Crippen LogP contribution in [0.15, 0.2) is 66.7 Å². The second-order valence-corrected chi connectivity index (χ2v) is 6.45. The zero-order valence-electron chi connectivity index (χ0n) is 16.6. The molecule has 0 bridgehead atoms. The van der Waals surface area contributed by atoms with Crippen LogP contribution < -0.4 is 20.1 Å². The van der Waals surface area contributed by atoms with Crippen LogP contribution in [0, 0.1) is 5.82 Å². The summed E-state index contributed by atoms with van der Waals surface area (Å²) in [7, 11) is 3.03. The topological polar surface area (TPSA) is 76.7 Å². The Bertz CT molecular complexity index is 1030. The van der Waals surface area contributed by atoms with Gasteiger partial charge in [0.25, 0.3) is 5.91 Å². The molecule has 3 rings (SSSR count). The number of amides is 2. The monoisotopic (exact) mass is 408 g/mol. The minimum atomic E-state index is -0.343. The second-order valence-electron chi connectivity index (χ2n) is 6.45. The van der Waals surface area contributed by atoms with E-state index in [-0.39, 0.29) is 24.1 Å². The summed E-state index contributed by atoms with van der Waals surface area (Å²) in [6, 6.07) is 17.4. The molecule has 3 aromatic carbocycles. The van der Waals surface area contributed by atoms with Crippen molar-refractivity contribution in [3.8, 4) is 11.5 Å². The summed E-state index contributed by atoms with van der Waals surface area (Å²) in [5, 5.41) is 5.56. The maximum atomic E-state index is 12.9. The lowest BCUT2D eigenvalue weighted by molar-refractivity contribution is -0.115. The highest BCUT2D eigenvalue weighted by Crippen LogP contribution is 2.28. The number of carbonyl (C=O) groups excluding carboxylic acids is 2. The van der Waals surface area contributed by atoms with Gasteiger partial charge >= 0.3 is 0 Å². The molecule has 0 unspecified atom stereocenters. The second kappa shape index (κ2) is 9.56. The lowest BCUT2D eigenvalue weighted by Crippen LogP contribution is -2.15. The Balaban J connectivity index is 1.59. The van der Waals surface area contributed by atoms with Crippen molar-refractivity contribution >= 4 is 23.2 Å². The number of methoxy groups -OCH3 is 2. The van der Waals surface area contributed by atoms with E-state index in [9.17, 15) is 14.0 Å². The first-order valence-electron chi connectivity index (χ1n) is 9.16. The molecule has 30 heavy (non-hydrogen) atoms. The van der Waals surface area contributed by atoms with Crippen LogP contribution in [-0.2, 0) is 11.2 Å². The Labute approximate surface area is 173 Å². The average Bonchev–Trinajstić information content (AvgIpc) is 2.76. The van der Waals surface area contributed by atoms with Crippen LogP contribution in [0.3, 0.4) is 0 Å². The fourth-order valence-corrected chi connectivity index (χ4v) is 2.81. The molecular formula is C23H21FN2O4. The van der Waals surface area contributed by atoms with Crippen molar-refractivity contribution in [1.29, 1.82) is 0 Å². The third-order valence-electron chi connectivity index (χ3n) is 4.35. The van der Waals surface area contributed by atoms with E-state index in [1.807, 2.05) is 0 Å². The van der Waals surface area contributed by atoms with Crippen molar-refractivity contribution in [3.63, 3.8) is 0 Å². The zero-order valence-corrected chi connectivity index (χ0v) is 16.6. The van der Waals surface area contributed by atoms with Crippen molar-refractivity contribution in [3.05, 3.63) is 83.7 Å². The number of rotatable bonds is 7. The Hall–Kier alpha value is -3.87. The molecule has 0 aliphatic heterocycles. The standard InChI is InChI=1S/C23H21FN2O4/c1-29-20-12-5-16(14-21(20)30-2)23(28)26-19-10-8-18(9-11-19)25-22(27)13-15-3-6-17(24)7-4-15/h3-12,14H,13H2,1-2H3,(H,25,27)(H,26,28). The molecule has 0 heterocycles. The van der Waals surface area contributed by atoms with Gasteiger partial charge in [0.1, 0.15) is 5.82 Å². The van der Waals surface area contributed by atoms with Gasteiger partial charge in [0.05, 0.1) is 20.6 Å². The smallest absolute Gasteiger partial charge is 0.255 e. The van der Waals surface area contributed by atoms with Crippen LogP contribution in [0.1, 0.15) is 15.9 Å². The molecule has 7 heteroatoms. The lowest BCUT2D eigenvalue weighted by Gasteiger charge is -2.11. The molecule has 0 saturated heterocycles. The number of anilines is 2. The minimum absolute atomic E-state index is 0.137. The van der Waals surface area contributed by atoms with Gasteiger partial charge in [0.15, 0.2) is 11.5 Å². The number of hydrogen-bond donors (Lipinski definition) is 2. The first-order chi connectivity index (χ1) is 14.5. The van der Waals surface area contributed by atoms with E-state index in [2.05, 4.69) is 10.6 Å². The highest BCUT2D eigenvalue weighted by Gasteiger charge is 2.11. The van der Waals surface area contributed by atoms with Crippen LogP contribution in [0.2, 0.25) is 0 Å². The zero-order chi connectivity index (χ0) is 21.5. The molecule has 2 amide bonds. The first kappa shape index (κ1) is 20.9. The molecule has 0 fully saturated rings. The van der Waals surface area contributed by atoms with Crippen LogP contribution in [0.4, 0.5) is 15.8 Å². The van der Waals surface area contributed by atoms with Crippen LogP contribution in [0.5, 0.6) is 11.5 Å². The third-order valence-corrected chi connectivity index (χ3v) is 4.35. The summed E-state index contributed by atoms with van der Waals surface area (Å²) in [4.78, 5) is 24.6. The normalized spacial score (nSPS) is 10.2. The quantitative estimate of drug-likeness (QED) is 0.612. The number of benzene rings is 3. The predicted molar refractivity (Wildman–Crippen MR) is 113 cm³/mol. The van der Waals surface area contributed by atoms with Crippen molar-refractivity contribution < 1.29 is 23.5 Å². The van der Waals surface area contributed by atoms with Gasteiger partial charge in [-0.15, -0.1) is 0 Å². The maximum absolute atomic E-state index is 12.9. The summed E-state index contributed by atoms with van der Waals surface area (Å²) in [6.45, 7) is 0. The predicted octanol–water partition coefficient (Wildman–Crippen LogP) is 4.28. The van der Waals surface area contributed by atoms with E-state index >= 15 is 0 Å². The molecule has 0 spiro atoms. The van der Waals surface area contributed by atoms with E-state index in [0.29, 0.717) is 34.0 Å². The van der Waals surface area contributed by atoms with Crippen molar-refractivity contribution in [1.82, 2.24) is 0 Å². The fourth-order valence-electron chi connectivity index (χ4n) is 2.81. The Morgan fingerprint density at radius 2 is 1.40 bits per heavy atom. The van der Waals surface area contributed by atoms with Gasteiger partial charge in [0, 0.05) is 16.9 Å². The van der Waals surface area contributed by atoms with Gasteiger partial charge < -0.3 is 20.1 Å². The molecule has 0 aliphatic rings. The van der Waals surface area contributed by atoms with Crippen molar-refractivity contribution in [2.75, 3.05) is 24.9 Å². The highest BCUT2D eigenvalue weighted by atomic mass is 19.1. The highest BCUT2D eigenvalue weighted by molar-refractivity contribution is 6.04. The molecule has 3 aromatic rings. The van der Waals surface area contributed by atoms with E-state index in [4.69, 9.17) is 9.47 Å². The van der Waals surface area contributed by atoms with Gasteiger partial charge in [-0.25, -0.2) is 4.39 Å². The molecule has 0 aromatic heterocycles. The molecule has 0 atom stereocenters. The van der Waals surface area contributed by atoms with Crippen LogP contribution in [0.25, 0.3) is 0 Å². The Morgan fingerprint density at radius 1 is 0.800 bits per heavy atom. The van der Waals surface area contributed by atoms with Crippen LogP contribution >= 0.6 is 0 Å². The molecular weight excluding hydrogens is 387 g/mol. The Kier molecular flexibility index (Phi) is 6.64. The van der Waals surface area contributed by atoms with Gasteiger partial charge in [0.2, 0.25) is 5.91 Å². The summed E-state index contributed by atoms with van der Waals surface area (Å²) in [5.74, 6) is 0.136. The van der Waals surface area contributed by atoms with Gasteiger partial charge in [-0.3, -0.25) is 9.59 Å². The summed E-state index contributed by atoms with van der Waals surface area (Å²) < 4.78 is 23.3. The number of halogens is 1. The molecule has 154 valence electrons. The minimum Gasteiger partial charge on any atom is -0.493 e. The van der Waals surface area contributed by atoms with Gasteiger partial charge in [-0.2, -0.15) is 0 Å². The SMILES string of the molecule is COc1ccc(C(=O)Nc2ccc(NC(=O)Cc3ccc(F)cc3)cc2)cc1OC. The fraction of sp³-hybridized carbons (Fsp3) is 0.130. The molecule has 2 N–H and O–H groups in total. The van der Waals surface area contributed by atoms with E-state index in [1.165, 1.54) is 26.4 Å². The summed E-state index contributed by atoms with van der Waals surface area (Å²) in [5.41, 5.74) is 2.30. The molecule has 0 aliphatic carbocycles. The summed E-state index contributed by atoms with van der Waals surface area (Å²) in [6.07, 6.45) is 0.137. The maximum Gasteiger partial charge on any atom is 0.255 e. The molecule has 6 nitrogen and oxygen atoms in total. The van der Waals surface area contributed by atoms with Crippen molar-refractivity contribution in [2.24, 2.45) is 0 Å². The molecule has 0 radical (unpaired) electrons. The third kappa shape index (κ3) is 5.35. The Morgan fingerprint density at radius 3 is 2.00 bits per heavy atom. The number of ether oxygens (including phenoxy) is 2. The molecule has 0 saturated carbocycles. The number of hydrogen-bond acceptors (Lipinski definition) is 4. The average molecular weight is 408 g/mol. The first-order valence-corrected chi connectivity index (χ1v) is 9.16. The van der Waals surface area contributed by atoms with Crippen molar-refractivity contribution in [2.45, 2.75) is 6.42 Å². The summed E-state index contributed by atoms with van der Waals surface area (Å²) >= 11 is 0. The van der Waals surface area contributed by atoms with E-state index in [1.54, 1.807) is 54.6 Å². The largest absolute Gasteiger partial charge is 0.493 e. The number of nitrogens with one attached hydrogen (secondary N) is 2. The van der Waals surface area contributed by atoms with E-state index < -0.39 is 0 Å². The lowest BCUT2D eigenvalue weighted by atomic mass is 10.1.